The summed E-state index contributed by atoms with van der Waals surface area (Å²) in [5, 5.41) is 2.63. The Balaban J connectivity index is 1.80. The Hall–Kier alpha value is -1.70. The number of hydrogen-bond acceptors (Lipinski definition) is 3. The van der Waals surface area contributed by atoms with Gasteiger partial charge in [-0.3, -0.25) is 4.79 Å². The third-order valence-electron chi connectivity index (χ3n) is 3.06. The summed E-state index contributed by atoms with van der Waals surface area (Å²) in [6, 6.07) is 16.4. The molecule has 0 saturated heterocycles. The quantitative estimate of drug-likeness (QED) is 0.754. The van der Waals surface area contributed by atoms with E-state index in [4.69, 9.17) is 0 Å². The van der Waals surface area contributed by atoms with Crippen LogP contribution in [0.4, 0.5) is 5.69 Å². The maximum absolute atomic E-state index is 11.9. The van der Waals surface area contributed by atoms with E-state index in [1.54, 1.807) is 18.2 Å². The van der Waals surface area contributed by atoms with Gasteiger partial charge in [0.25, 0.3) is 0 Å². The summed E-state index contributed by atoms with van der Waals surface area (Å²) in [6.45, 7) is -0.288. The number of carbonyl (C=O) groups excluding carboxylic acids is 1. The predicted molar refractivity (Wildman–Crippen MR) is 94.7 cm³/mol. The Morgan fingerprint density at radius 2 is 1.78 bits per heavy atom. The summed E-state index contributed by atoms with van der Waals surface area (Å²) >= 11 is 3.30. The molecule has 0 aliphatic carbocycles. The maximum atomic E-state index is 11.9. The maximum Gasteiger partial charge on any atom is 0.239 e. The molecule has 2 N–H and O–H groups in total. The van der Waals surface area contributed by atoms with Crippen molar-refractivity contribution in [2.45, 2.75) is 6.42 Å². The van der Waals surface area contributed by atoms with E-state index in [1.165, 1.54) is 0 Å². The zero-order valence-electron chi connectivity index (χ0n) is 12.3. The first-order chi connectivity index (χ1) is 10.9. The first kappa shape index (κ1) is 17.7. The number of carbonyl (C=O) groups is 1. The third-order valence-corrected chi connectivity index (χ3v) is 4.88. The normalized spacial score (nSPS) is 11.2. The Morgan fingerprint density at radius 1 is 1.04 bits per heavy atom. The summed E-state index contributed by atoms with van der Waals surface area (Å²) < 4.78 is 27.0. The van der Waals surface area contributed by atoms with E-state index < -0.39 is 15.9 Å². The largest absolute Gasteiger partial charge is 0.325 e. The minimum absolute atomic E-state index is 0.0544. The number of amides is 1. The van der Waals surface area contributed by atoms with E-state index in [1.807, 2.05) is 36.4 Å². The summed E-state index contributed by atoms with van der Waals surface area (Å²) in [4.78, 5) is 11.8. The Morgan fingerprint density at radius 3 is 2.48 bits per heavy atom. The van der Waals surface area contributed by atoms with Crippen LogP contribution in [-0.4, -0.2) is 26.6 Å². The fourth-order valence-electron chi connectivity index (χ4n) is 1.92. The Labute approximate surface area is 144 Å². The smallest absolute Gasteiger partial charge is 0.239 e. The van der Waals surface area contributed by atoms with Gasteiger partial charge in [-0.1, -0.05) is 52.3 Å². The van der Waals surface area contributed by atoms with Crippen LogP contribution in [0, 0.1) is 0 Å². The fraction of sp³-hybridized carbons (Fsp3) is 0.188. The molecular weight excluding hydrogens is 380 g/mol. The van der Waals surface area contributed by atoms with E-state index in [0.717, 1.165) is 10.0 Å². The highest BCUT2D eigenvalue weighted by atomic mass is 79.9. The van der Waals surface area contributed by atoms with Crippen molar-refractivity contribution in [2.24, 2.45) is 0 Å². The second kappa shape index (κ2) is 8.24. The molecule has 0 spiro atoms. The van der Waals surface area contributed by atoms with Gasteiger partial charge < -0.3 is 5.32 Å². The minimum atomic E-state index is -3.50. The molecule has 0 saturated carbocycles. The molecular formula is C16H17BrN2O3S. The molecule has 0 aromatic heterocycles. The number of benzene rings is 2. The highest BCUT2D eigenvalue weighted by Gasteiger charge is 2.12. The van der Waals surface area contributed by atoms with Crippen LogP contribution in [-0.2, 0) is 21.2 Å². The van der Waals surface area contributed by atoms with Gasteiger partial charge in [0.15, 0.2) is 0 Å². The van der Waals surface area contributed by atoms with Crippen LogP contribution in [0.3, 0.4) is 0 Å². The van der Waals surface area contributed by atoms with E-state index in [2.05, 4.69) is 26.0 Å². The number of nitrogens with one attached hydrogen (secondary N) is 2. The van der Waals surface area contributed by atoms with Crippen molar-refractivity contribution in [1.82, 2.24) is 4.72 Å². The molecule has 0 radical (unpaired) electrons. The van der Waals surface area contributed by atoms with Gasteiger partial charge in [0.1, 0.15) is 0 Å². The van der Waals surface area contributed by atoms with Gasteiger partial charge in [-0.25, -0.2) is 13.1 Å². The lowest BCUT2D eigenvalue weighted by molar-refractivity contribution is -0.115. The zero-order valence-corrected chi connectivity index (χ0v) is 14.7. The monoisotopic (exact) mass is 396 g/mol. The molecule has 0 heterocycles. The van der Waals surface area contributed by atoms with Crippen LogP contribution in [0.15, 0.2) is 59.1 Å². The van der Waals surface area contributed by atoms with Gasteiger partial charge in [-0.05, 0) is 30.2 Å². The summed E-state index contributed by atoms with van der Waals surface area (Å²) in [6.07, 6.45) is 0.406. The topological polar surface area (TPSA) is 75.3 Å². The number of sulfonamides is 1. The van der Waals surface area contributed by atoms with Crippen LogP contribution in [0.2, 0.25) is 0 Å². The molecule has 0 bridgehead atoms. The van der Waals surface area contributed by atoms with E-state index in [0.29, 0.717) is 12.1 Å². The molecule has 0 unspecified atom stereocenters. The summed E-state index contributed by atoms with van der Waals surface area (Å²) in [7, 11) is -3.50. The molecule has 2 aromatic carbocycles. The molecule has 0 fully saturated rings. The Bertz CT molecular complexity index is 764. The number of rotatable bonds is 7. The van der Waals surface area contributed by atoms with E-state index >= 15 is 0 Å². The highest BCUT2D eigenvalue weighted by Crippen LogP contribution is 2.15. The molecule has 5 nitrogen and oxygen atoms in total. The minimum Gasteiger partial charge on any atom is -0.325 e. The van der Waals surface area contributed by atoms with Crippen molar-refractivity contribution < 1.29 is 13.2 Å². The predicted octanol–water partition coefficient (Wildman–Crippen LogP) is 2.55. The van der Waals surface area contributed by atoms with Crippen molar-refractivity contribution in [3.8, 4) is 0 Å². The molecule has 2 aromatic rings. The zero-order chi connectivity index (χ0) is 16.7. The molecule has 1 amide bonds. The van der Waals surface area contributed by atoms with E-state index in [-0.39, 0.29) is 12.3 Å². The van der Waals surface area contributed by atoms with Crippen LogP contribution in [0.5, 0.6) is 0 Å². The number of anilines is 1. The molecule has 2 rings (SSSR count). The second-order valence-electron chi connectivity index (χ2n) is 4.93. The van der Waals surface area contributed by atoms with Gasteiger partial charge in [0.2, 0.25) is 15.9 Å². The average Bonchev–Trinajstić information content (AvgIpc) is 2.52. The van der Waals surface area contributed by atoms with Crippen molar-refractivity contribution in [1.29, 1.82) is 0 Å². The van der Waals surface area contributed by atoms with Crippen LogP contribution < -0.4 is 10.0 Å². The molecule has 7 heteroatoms. The van der Waals surface area contributed by atoms with Gasteiger partial charge in [-0.15, -0.1) is 0 Å². The molecule has 0 atom stereocenters. The number of halogens is 1. The second-order valence-corrected chi connectivity index (χ2v) is 7.78. The van der Waals surface area contributed by atoms with Gasteiger partial charge in [0, 0.05) is 10.2 Å². The standard InChI is InChI=1S/C16H17BrN2O3S/c17-14-7-4-8-15(11-14)19-16(20)12-18-23(21,22)10-9-13-5-2-1-3-6-13/h1-8,11,18H,9-10,12H2,(H,19,20). The van der Waals surface area contributed by atoms with Crippen molar-refractivity contribution in [3.05, 3.63) is 64.6 Å². The summed E-state index contributed by atoms with van der Waals surface area (Å²) in [5.74, 6) is -0.465. The van der Waals surface area contributed by atoms with Gasteiger partial charge in [0.05, 0.1) is 12.3 Å². The number of hydrogen-bond donors (Lipinski definition) is 2. The number of aryl methyl sites for hydroxylation is 1. The third kappa shape index (κ3) is 6.52. The van der Waals surface area contributed by atoms with Crippen LogP contribution in [0.25, 0.3) is 0 Å². The molecule has 0 aliphatic rings. The van der Waals surface area contributed by atoms with Crippen molar-refractivity contribution in [2.75, 3.05) is 17.6 Å². The van der Waals surface area contributed by atoms with Crippen LogP contribution in [0.1, 0.15) is 5.56 Å². The molecule has 0 aliphatic heterocycles. The average molecular weight is 397 g/mol. The Kier molecular flexibility index (Phi) is 6.32. The SMILES string of the molecule is O=C(CNS(=O)(=O)CCc1ccccc1)Nc1cccc(Br)c1. The van der Waals surface area contributed by atoms with Crippen molar-refractivity contribution >= 4 is 37.5 Å². The lowest BCUT2D eigenvalue weighted by atomic mass is 10.2. The van der Waals surface area contributed by atoms with Crippen molar-refractivity contribution in [3.63, 3.8) is 0 Å². The molecule has 23 heavy (non-hydrogen) atoms. The highest BCUT2D eigenvalue weighted by molar-refractivity contribution is 9.10. The lowest BCUT2D eigenvalue weighted by Crippen LogP contribution is -2.34. The first-order valence-electron chi connectivity index (χ1n) is 7.01. The van der Waals surface area contributed by atoms with E-state index in [9.17, 15) is 13.2 Å². The summed E-state index contributed by atoms with van der Waals surface area (Å²) in [5.41, 5.74) is 1.55. The van der Waals surface area contributed by atoms with Gasteiger partial charge >= 0.3 is 0 Å². The van der Waals surface area contributed by atoms with Crippen LogP contribution >= 0.6 is 15.9 Å². The first-order valence-corrected chi connectivity index (χ1v) is 9.46. The lowest BCUT2D eigenvalue weighted by Gasteiger charge is -2.08. The van der Waals surface area contributed by atoms with Gasteiger partial charge in [-0.2, -0.15) is 0 Å². The fourth-order valence-corrected chi connectivity index (χ4v) is 3.31. The molecule has 122 valence electrons.